The topological polar surface area (TPSA) is 71.4 Å². The number of benzene rings is 1. The van der Waals surface area contributed by atoms with Gasteiger partial charge < -0.3 is 9.47 Å². The summed E-state index contributed by atoms with van der Waals surface area (Å²) < 4.78 is 1.81. The van der Waals surface area contributed by atoms with Crippen LogP contribution < -0.4 is 5.32 Å². The van der Waals surface area contributed by atoms with Crippen LogP contribution in [-0.4, -0.2) is 39.8 Å². The van der Waals surface area contributed by atoms with Crippen LogP contribution in [0.15, 0.2) is 42.5 Å². The van der Waals surface area contributed by atoms with Crippen molar-refractivity contribution in [1.82, 2.24) is 14.8 Å². The lowest BCUT2D eigenvalue weighted by molar-refractivity contribution is -0.126. The Morgan fingerprint density at radius 1 is 1.21 bits per heavy atom. The van der Waals surface area contributed by atoms with Gasteiger partial charge in [-0.15, -0.1) is 0 Å². The molecule has 3 amide bonds. The molecule has 6 heteroatoms. The molecule has 1 N–H and O–H groups in total. The van der Waals surface area contributed by atoms with Crippen LogP contribution in [0.4, 0.5) is 0 Å². The summed E-state index contributed by atoms with van der Waals surface area (Å²) in [6.45, 7) is 2.16. The molecule has 2 heterocycles. The molecule has 0 aliphatic carbocycles. The van der Waals surface area contributed by atoms with Gasteiger partial charge in [0.25, 0.3) is 5.91 Å². The number of amides is 3. The van der Waals surface area contributed by atoms with Crippen molar-refractivity contribution in [1.29, 1.82) is 0 Å². The molecule has 0 spiro atoms. The lowest BCUT2D eigenvalue weighted by atomic mass is 10.2. The van der Waals surface area contributed by atoms with Crippen LogP contribution in [-0.2, 0) is 16.6 Å². The fourth-order valence-corrected chi connectivity index (χ4v) is 3.07. The maximum absolute atomic E-state index is 12.9. The number of aromatic nitrogens is 1. The van der Waals surface area contributed by atoms with Gasteiger partial charge in [-0.05, 0) is 24.6 Å². The summed E-state index contributed by atoms with van der Waals surface area (Å²) in [5.74, 6) is -1.00. The predicted molar refractivity (Wildman–Crippen MR) is 89.1 cm³/mol. The van der Waals surface area contributed by atoms with E-state index in [-0.39, 0.29) is 18.2 Å². The van der Waals surface area contributed by atoms with Gasteiger partial charge in [0.2, 0.25) is 11.8 Å². The summed E-state index contributed by atoms with van der Waals surface area (Å²) in [6, 6.07) is 12.7. The molecule has 1 aliphatic rings. The molecular formula is C18H19N3O3. The van der Waals surface area contributed by atoms with E-state index in [4.69, 9.17) is 0 Å². The Morgan fingerprint density at radius 3 is 2.50 bits per heavy atom. The van der Waals surface area contributed by atoms with Crippen molar-refractivity contribution < 1.29 is 14.4 Å². The van der Waals surface area contributed by atoms with Crippen molar-refractivity contribution in [3.05, 3.63) is 48.2 Å². The Kier molecular flexibility index (Phi) is 4.20. The third kappa shape index (κ3) is 2.71. The quantitative estimate of drug-likeness (QED) is 0.867. The van der Waals surface area contributed by atoms with Crippen molar-refractivity contribution in [2.45, 2.75) is 19.4 Å². The molecule has 24 heavy (non-hydrogen) atoms. The maximum atomic E-state index is 12.9. The van der Waals surface area contributed by atoms with Crippen LogP contribution in [0, 0.1) is 0 Å². The van der Waals surface area contributed by atoms with E-state index in [1.54, 1.807) is 13.0 Å². The zero-order valence-corrected chi connectivity index (χ0v) is 13.7. The van der Waals surface area contributed by atoms with E-state index in [9.17, 15) is 14.4 Å². The van der Waals surface area contributed by atoms with Gasteiger partial charge in [0.1, 0.15) is 11.7 Å². The summed E-state index contributed by atoms with van der Waals surface area (Å²) in [4.78, 5) is 37.7. The molecule has 124 valence electrons. The van der Waals surface area contributed by atoms with Crippen molar-refractivity contribution in [2.24, 2.45) is 7.05 Å². The third-order valence-electron chi connectivity index (χ3n) is 4.33. The number of nitrogens with zero attached hydrogens (tertiary/aromatic N) is 2. The Labute approximate surface area is 140 Å². The molecule has 1 aliphatic heterocycles. The minimum atomic E-state index is -0.731. The highest BCUT2D eigenvalue weighted by Gasteiger charge is 2.37. The highest BCUT2D eigenvalue weighted by Crippen LogP contribution is 2.23. The molecule has 1 aromatic carbocycles. The number of imide groups is 1. The predicted octanol–water partition coefficient (Wildman–Crippen LogP) is 1.57. The van der Waals surface area contributed by atoms with E-state index in [1.165, 1.54) is 4.90 Å². The highest BCUT2D eigenvalue weighted by atomic mass is 16.2. The Morgan fingerprint density at radius 2 is 1.92 bits per heavy atom. The lowest BCUT2D eigenvalue weighted by Crippen LogP contribution is -2.44. The van der Waals surface area contributed by atoms with Crippen molar-refractivity contribution >= 4 is 17.7 Å². The highest BCUT2D eigenvalue weighted by molar-refractivity contribution is 6.08. The van der Waals surface area contributed by atoms with Crippen molar-refractivity contribution in [3.63, 3.8) is 0 Å². The second kappa shape index (κ2) is 6.31. The summed E-state index contributed by atoms with van der Waals surface area (Å²) in [7, 11) is 1.82. The SMILES string of the molecule is CCN(C(=O)c1ccc(-c2ccccc2)n1C)[C@H]1CC(=O)NC1=O. The van der Waals surface area contributed by atoms with Crippen LogP contribution in [0.3, 0.4) is 0 Å². The van der Waals surface area contributed by atoms with E-state index < -0.39 is 11.9 Å². The Balaban J connectivity index is 1.91. The second-order valence-electron chi connectivity index (χ2n) is 5.75. The maximum Gasteiger partial charge on any atom is 0.271 e. The molecule has 1 saturated heterocycles. The zero-order valence-electron chi connectivity index (χ0n) is 13.7. The molecule has 2 aromatic rings. The van der Waals surface area contributed by atoms with Crippen LogP contribution in [0.1, 0.15) is 23.8 Å². The van der Waals surface area contributed by atoms with Crippen LogP contribution >= 0.6 is 0 Å². The zero-order chi connectivity index (χ0) is 17.3. The van der Waals surface area contributed by atoms with Gasteiger partial charge in [-0.1, -0.05) is 30.3 Å². The molecule has 0 radical (unpaired) electrons. The van der Waals surface area contributed by atoms with E-state index >= 15 is 0 Å². The first-order valence-corrected chi connectivity index (χ1v) is 7.88. The lowest BCUT2D eigenvalue weighted by Gasteiger charge is -2.25. The van der Waals surface area contributed by atoms with Gasteiger partial charge in [0.15, 0.2) is 0 Å². The van der Waals surface area contributed by atoms with E-state index in [0.29, 0.717) is 12.2 Å². The van der Waals surface area contributed by atoms with E-state index in [2.05, 4.69) is 5.32 Å². The number of carbonyl (C=O) groups excluding carboxylic acids is 3. The smallest absolute Gasteiger partial charge is 0.271 e. The first-order chi connectivity index (χ1) is 11.5. The number of nitrogens with one attached hydrogen (secondary N) is 1. The molecule has 0 unspecified atom stereocenters. The Hall–Kier alpha value is -2.89. The molecule has 6 nitrogen and oxygen atoms in total. The summed E-state index contributed by atoms with van der Waals surface area (Å²) in [6.07, 6.45) is 0.0222. The monoisotopic (exact) mass is 325 g/mol. The van der Waals surface area contributed by atoms with Crippen LogP contribution in [0.5, 0.6) is 0 Å². The average molecular weight is 325 g/mol. The molecule has 0 bridgehead atoms. The second-order valence-corrected chi connectivity index (χ2v) is 5.75. The van der Waals surface area contributed by atoms with Crippen LogP contribution in [0.2, 0.25) is 0 Å². The van der Waals surface area contributed by atoms with Gasteiger partial charge in [-0.2, -0.15) is 0 Å². The number of carbonyl (C=O) groups is 3. The minimum Gasteiger partial charge on any atom is -0.340 e. The standard InChI is InChI=1S/C18H19N3O3/c1-3-21(15-11-16(22)19-17(15)23)18(24)14-10-9-13(20(14)2)12-7-5-4-6-8-12/h4-10,15H,3,11H2,1-2H3,(H,19,22,23)/t15-/m0/s1. The fourth-order valence-electron chi connectivity index (χ4n) is 3.07. The first-order valence-electron chi connectivity index (χ1n) is 7.88. The molecule has 1 atom stereocenters. The third-order valence-corrected chi connectivity index (χ3v) is 4.33. The summed E-state index contributed by atoms with van der Waals surface area (Å²) in [5, 5.41) is 2.26. The largest absolute Gasteiger partial charge is 0.340 e. The first kappa shape index (κ1) is 16.0. The average Bonchev–Trinajstić information content (AvgIpc) is 3.11. The van der Waals surface area contributed by atoms with Gasteiger partial charge >= 0.3 is 0 Å². The number of hydrogen-bond donors (Lipinski definition) is 1. The number of hydrogen-bond acceptors (Lipinski definition) is 3. The van der Waals surface area contributed by atoms with Gasteiger partial charge in [0, 0.05) is 19.3 Å². The van der Waals surface area contributed by atoms with Crippen molar-refractivity contribution in [2.75, 3.05) is 6.54 Å². The molecule has 0 saturated carbocycles. The van der Waals surface area contributed by atoms with Crippen LogP contribution in [0.25, 0.3) is 11.3 Å². The van der Waals surface area contributed by atoms with Gasteiger partial charge in [-0.3, -0.25) is 19.7 Å². The molecule has 1 fully saturated rings. The van der Waals surface area contributed by atoms with Crippen molar-refractivity contribution in [3.8, 4) is 11.3 Å². The number of rotatable bonds is 4. The normalized spacial score (nSPS) is 17.0. The molecular weight excluding hydrogens is 306 g/mol. The van der Waals surface area contributed by atoms with E-state index in [1.807, 2.05) is 48.0 Å². The van der Waals surface area contributed by atoms with Gasteiger partial charge in [0.05, 0.1) is 6.42 Å². The van der Waals surface area contributed by atoms with Gasteiger partial charge in [-0.25, -0.2) is 0 Å². The molecule has 3 rings (SSSR count). The summed E-state index contributed by atoms with van der Waals surface area (Å²) in [5.41, 5.74) is 2.42. The summed E-state index contributed by atoms with van der Waals surface area (Å²) >= 11 is 0. The molecule has 1 aromatic heterocycles. The van der Waals surface area contributed by atoms with E-state index in [0.717, 1.165) is 11.3 Å². The Bertz CT molecular complexity index is 795. The number of likely N-dealkylation sites (N-methyl/N-ethyl adjacent to an activating group) is 1. The fraction of sp³-hybridized carbons (Fsp3) is 0.278. The minimum absolute atomic E-state index is 0.0222.